The summed E-state index contributed by atoms with van der Waals surface area (Å²) in [4.78, 5) is 0. The molecule has 3 N–H and O–H groups in total. The van der Waals surface area contributed by atoms with Gasteiger partial charge in [0.25, 0.3) is 0 Å². The zero-order valence-electron chi connectivity index (χ0n) is 9.49. The third-order valence-corrected chi connectivity index (χ3v) is 3.99. The van der Waals surface area contributed by atoms with E-state index in [9.17, 15) is 5.11 Å². The van der Waals surface area contributed by atoms with Crippen LogP contribution in [0, 0.1) is 12.8 Å². The second-order valence-electron chi connectivity index (χ2n) is 4.72. The average molecular weight is 240 g/mol. The van der Waals surface area contributed by atoms with Crippen molar-refractivity contribution in [1.29, 1.82) is 0 Å². The average Bonchev–Trinajstić information content (AvgIpc) is 2.18. The fourth-order valence-electron chi connectivity index (χ4n) is 2.09. The summed E-state index contributed by atoms with van der Waals surface area (Å²) in [5.74, 6) is 0.370. The lowest BCUT2D eigenvalue weighted by Crippen LogP contribution is -2.36. The highest BCUT2D eigenvalue weighted by Gasteiger charge is 2.30. The molecule has 0 bridgehead atoms. The van der Waals surface area contributed by atoms with Gasteiger partial charge in [-0.25, -0.2) is 0 Å². The van der Waals surface area contributed by atoms with E-state index in [1.807, 2.05) is 25.1 Å². The highest BCUT2D eigenvalue weighted by atomic mass is 35.5. The van der Waals surface area contributed by atoms with E-state index in [1.165, 1.54) is 6.42 Å². The smallest absolute Gasteiger partial charge is 0.0760 e. The van der Waals surface area contributed by atoms with E-state index in [0.717, 1.165) is 24.0 Å². The second-order valence-corrected chi connectivity index (χ2v) is 5.12. The van der Waals surface area contributed by atoms with Crippen LogP contribution in [0.5, 0.6) is 0 Å². The zero-order chi connectivity index (χ0) is 11.7. The van der Waals surface area contributed by atoms with Crippen LogP contribution >= 0.6 is 11.6 Å². The van der Waals surface area contributed by atoms with Gasteiger partial charge in [-0.1, -0.05) is 30.2 Å². The first-order valence-electron chi connectivity index (χ1n) is 5.79. The molecule has 0 saturated heterocycles. The van der Waals surface area contributed by atoms with E-state index in [-0.39, 0.29) is 6.04 Å². The van der Waals surface area contributed by atoms with Crippen molar-refractivity contribution in [3.63, 3.8) is 0 Å². The molecule has 1 fully saturated rings. The van der Waals surface area contributed by atoms with E-state index in [2.05, 4.69) is 0 Å². The monoisotopic (exact) mass is 239 g/mol. The van der Waals surface area contributed by atoms with Gasteiger partial charge in [0.15, 0.2) is 0 Å². The molecule has 1 aliphatic rings. The van der Waals surface area contributed by atoms with Crippen molar-refractivity contribution in [3.05, 3.63) is 34.3 Å². The van der Waals surface area contributed by atoms with Gasteiger partial charge < -0.3 is 10.8 Å². The summed E-state index contributed by atoms with van der Waals surface area (Å²) in [6.45, 7) is 1.96. The summed E-state index contributed by atoms with van der Waals surface area (Å²) in [7, 11) is 0. The molecule has 2 rings (SSSR count). The normalized spacial score (nSPS) is 20.2. The molecule has 1 aromatic rings. The SMILES string of the molecule is Cc1ccc([C@@H](N)[C@@H](O)C2CCC2)cc1Cl. The third-order valence-electron chi connectivity index (χ3n) is 3.58. The molecule has 2 atom stereocenters. The first-order valence-corrected chi connectivity index (χ1v) is 6.17. The predicted octanol–water partition coefficient (Wildman–Crippen LogP) is 2.81. The van der Waals surface area contributed by atoms with Gasteiger partial charge in [0.2, 0.25) is 0 Å². The number of hydrogen-bond donors (Lipinski definition) is 2. The maximum atomic E-state index is 10.1. The molecule has 0 aliphatic heterocycles. The summed E-state index contributed by atoms with van der Waals surface area (Å²) in [5, 5.41) is 10.8. The summed E-state index contributed by atoms with van der Waals surface area (Å²) in [5.41, 5.74) is 8.02. The number of hydrogen-bond acceptors (Lipinski definition) is 2. The lowest BCUT2D eigenvalue weighted by Gasteiger charge is -2.33. The molecule has 0 unspecified atom stereocenters. The van der Waals surface area contributed by atoms with E-state index >= 15 is 0 Å². The molecule has 1 saturated carbocycles. The Bertz CT molecular complexity index is 376. The van der Waals surface area contributed by atoms with E-state index in [4.69, 9.17) is 17.3 Å². The minimum Gasteiger partial charge on any atom is -0.391 e. The molecular weight excluding hydrogens is 222 g/mol. The van der Waals surface area contributed by atoms with E-state index in [1.54, 1.807) is 0 Å². The van der Waals surface area contributed by atoms with Gasteiger partial charge in [-0.05, 0) is 42.9 Å². The molecule has 0 spiro atoms. The number of halogens is 1. The Hall–Kier alpha value is -0.570. The standard InChI is InChI=1S/C13H18ClNO/c1-8-5-6-10(7-11(8)14)12(15)13(16)9-3-2-4-9/h5-7,9,12-13,16H,2-4,15H2,1H3/t12-,13+/m1/s1. The Balaban J connectivity index is 2.12. The molecule has 0 heterocycles. The molecular formula is C13H18ClNO. The van der Waals surface area contributed by atoms with Gasteiger partial charge in [-0.15, -0.1) is 0 Å². The quantitative estimate of drug-likeness (QED) is 0.852. The lowest BCUT2D eigenvalue weighted by atomic mass is 9.77. The minimum atomic E-state index is -0.437. The number of nitrogens with two attached hydrogens (primary N) is 1. The Morgan fingerprint density at radius 2 is 2.12 bits per heavy atom. The maximum absolute atomic E-state index is 10.1. The summed E-state index contributed by atoms with van der Waals surface area (Å²) in [6, 6.07) is 5.45. The predicted molar refractivity (Wildman–Crippen MR) is 66.5 cm³/mol. The fraction of sp³-hybridized carbons (Fsp3) is 0.538. The molecule has 1 aromatic carbocycles. The molecule has 88 valence electrons. The van der Waals surface area contributed by atoms with Crippen molar-refractivity contribution in [2.45, 2.75) is 38.3 Å². The summed E-state index contributed by atoms with van der Waals surface area (Å²) in [6.07, 6.45) is 2.96. The van der Waals surface area contributed by atoms with Gasteiger partial charge in [0.05, 0.1) is 12.1 Å². The van der Waals surface area contributed by atoms with Crippen molar-refractivity contribution in [2.24, 2.45) is 11.7 Å². The summed E-state index contributed by atoms with van der Waals surface area (Å²) >= 11 is 6.05. The number of aliphatic hydroxyl groups excluding tert-OH is 1. The first kappa shape index (κ1) is 11.9. The largest absolute Gasteiger partial charge is 0.391 e. The molecule has 0 amide bonds. The van der Waals surface area contributed by atoms with Crippen LogP contribution in [0.15, 0.2) is 18.2 Å². The van der Waals surface area contributed by atoms with Gasteiger partial charge in [0.1, 0.15) is 0 Å². The van der Waals surface area contributed by atoms with Crippen molar-refractivity contribution in [1.82, 2.24) is 0 Å². The highest BCUT2D eigenvalue weighted by Crippen LogP contribution is 2.34. The van der Waals surface area contributed by atoms with Crippen LogP contribution < -0.4 is 5.73 Å². The van der Waals surface area contributed by atoms with E-state index < -0.39 is 6.10 Å². The zero-order valence-corrected chi connectivity index (χ0v) is 10.2. The molecule has 0 radical (unpaired) electrons. The number of benzene rings is 1. The topological polar surface area (TPSA) is 46.2 Å². The van der Waals surface area contributed by atoms with Gasteiger partial charge in [-0.3, -0.25) is 0 Å². The van der Waals surface area contributed by atoms with Crippen molar-refractivity contribution in [2.75, 3.05) is 0 Å². The van der Waals surface area contributed by atoms with Gasteiger partial charge >= 0.3 is 0 Å². The lowest BCUT2D eigenvalue weighted by molar-refractivity contribution is 0.0414. The van der Waals surface area contributed by atoms with Crippen molar-refractivity contribution < 1.29 is 5.11 Å². The Morgan fingerprint density at radius 1 is 1.44 bits per heavy atom. The molecule has 2 nitrogen and oxygen atoms in total. The van der Waals surface area contributed by atoms with Gasteiger partial charge in [-0.2, -0.15) is 0 Å². The highest BCUT2D eigenvalue weighted by molar-refractivity contribution is 6.31. The van der Waals surface area contributed by atoms with Crippen LogP contribution in [0.25, 0.3) is 0 Å². The Kier molecular flexibility index (Phi) is 3.53. The fourth-order valence-corrected chi connectivity index (χ4v) is 2.28. The maximum Gasteiger partial charge on any atom is 0.0760 e. The van der Waals surface area contributed by atoms with Crippen LogP contribution in [-0.4, -0.2) is 11.2 Å². The van der Waals surface area contributed by atoms with E-state index in [0.29, 0.717) is 10.9 Å². The third kappa shape index (κ3) is 2.24. The number of aryl methyl sites for hydroxylation is 1. The molecule has 3 heteroatoms. The summed E-state index contributed by atoms with van der Waals surface area (Å²) < 4.78 is 0. The Labute approximate surface area is 101 Å². The molecule has 0 aromatic heterocycles. The number of rotatable bonds is 3. The van der Waals surface area contributed by atoms with Crippen molar-refractivity contribution in [3.8, 4) is 0 Å². The van der Waals surface area contributed by atoms with Crippen LogP contribution in [-0.2, 0) is 0 Å². The second kappa shape index (κ2) is 4.74. The first-order chi connectivity index (χ1) is 7.59. The van der Waals surface area contributed by atoms with Crippen molar-refractivity contribution >= 4 is 11.6 Å². The Morgan fingerprint density at radius 3 is 2.62 bits per heavy atom. The van der Waals surface area contributed by atoms with Crippen LogP contribution in [0.1, 0.15) is 36.4 Å². The number of aliphatic hydroxyl groups is 1. The van der Waals surface area contributed by atoms with Gasteiger partial charge in [0, 0.05) is 5.02 Å². The molecule has 1 aliphatic carbocycles. The van der Waals surface area contributed by atoms with Crippen LogP contribution in [0.2, 0.25) is 5.02 Å². The van der Waals surface area contributed by atoms with Crippen LogP contribution in [0.4, 0.5) is 0 Å². The minimum absolute atomic E-state index is 0.316. The molecule has 16 heavy (non-hydrogen) atoms. The van der Waals surface area contributed by atoms with Crippen LogP contribution in [0.3, 0.4) is 0 Å².